The maximum absolute atomic E-state index is 13.8. The van der Waals surface area contributed by atoms with Gasteiger partial charge in [0, 0.05) is 30.1 Å². The Morgan fingerprint density at radius 3 is 2.89 bits per heavy atom. The smallest absolute Gasteiger partial charge is 0.335 e. The Balaban J connectivity index is 1.83. The lowest BCUT2D eigenvalue weighted by Gasteiger charge is -2.60. The van der Waals surface area contributed by atoms with E-state index < -0.39 is 33.7 Å². The number of nitrogens with one attached hydrogen (secondary N) is 1. The highest BCUT2D eigenvalue weighted by Gasteiger charge is 2.71. The zero-order chi connectivity index (χ0) is 19.2. The van der Waals surface area contributed by atoms with Crippen LogP contribution in [-0.2, 0) is 14.9 Å². The molecule has 6 atom stereocenters. The number of methoxy groups -OCH3 is 1. The summed E-state index contributed by atoms with van der Waals surface area (Å²) in [5.41, 5.74) is 0.784. The van der Waals surface area contributed by atoms with Crippen molar-refractivity contribution in [1.82, 2.24) is 0 Å². The van der Waals surface area contributed by atoms with Gasteiger partial charge in [-0.1, -0.05) is 18.2 Å². The standard InChI is InChI=1S/C20H24N2O5/c1-11(23)20(25)10-22(26)8-7-19-12-5-3-4-6-14(12)21-17(19)16(18(24)27-2)13(20)9-15(19)22/h3-6,11,13,15,21,23,25H,7-10H2,1-2H3/t11-,13+,15-,19+,20+,22?/m0/s1. The van der Waals surface area contributed by atoms with Crippen molar-refractivity contribution in [2.75, 3.05) is 25.5 Å². The summed E-state index contributed by atoms with van der Waals surface area (Å²) in [7, 11) is 1.32. The molecule has 0 aromatic heterocycles. The lowest BCUT2D eigenvalue weighted by molar-refractivity contribution is -0.909. The molecule has 4 aliphatic rings. The fraction of sp³-hybridized carbons (Fsp3) is 0.550. The van der Waals surface area contributed by atoms with Gasteiger partial charge in [0.2, 0.25) is 0 Å². The van der Waals surface area contributed by atoms with Gasteiger partial charge in [-0.15, -0.1) is 0 Å². The van der Waals surface area contributed by atoms with Gasteiger partial charge in [-0.05, 0) is 18.6 Å². The summed E-state index contributed by atoms with van der Waals surface area (Å²) in [5.74, 6) is -1.15. The maximum Gasteiger partial charge on any atom is 0.335 e. The molecule has 3 heterocycles. The minimum absolute atomic E-state index is 0.113. The van der Waals surface area contributed by atoms with E-state index in [4.69, 9.17) is 4.74 Å². The van der Waals surface area contributed by atoms with E-state index in [1.165, 1.54) is 14.0 Å². The van der Waals surface area contributed by atoms with E-state index in [0.29, 0.717) is 30.7 Å². The van der Waals surface area contributed by atoms with Crippen molar-refractivity contribution in [3.8, 4) is 0 Å². The number of carbonyl (C=O) groups is 1. The molecule has 0 saturated carbocycles. The Hall–Kier alpha value is -1.93. The van der Waals surface area contributed by atoms with Crippen molar-refractivity contribution in [1.29, 1.82) is 0 Å². The molecular formula is C20H24N2O5. The summed E-state index contributed by atoms with van der Waals surface area (Å²) >= 11 is 0. The topological polar surface area (TPSA) is 102 Å². The van der Waals surface area contributed by atoms with Crippen LogP contribution in [0.4, 0.5) is 5.69 Å². The molecule has 2 bridgehead atoms. The number of esters is 1. The molecule has 0 radical (unpaired) electrons. The molecule has 5 rings (SSSR count). The normalized spacial score (nSPS) is 42.3. The molecule has 1 aromatic carbocycles. The molecule has 1 aromatic rings. The quantitative estimate of drug-likeness (QED) is 0.407. The summed E-state index contributed by atoms with van der Waals surface area (Å²) in [4.78, 5) is 12.8. The number of ether oxygens (including phenoxy) is 1. The first-order valence-corrected chi connectivity index (χ1v) is 9.45. The van der Waals surface area contributed by atoms with Crippen molar-refractivity contribution in [2.24, 2.45) is 5.92 Å². The van der Waals surface area contributed by atoms with Crippen LogP contribution in [0.25, 0.3) is 0 Å². The van der Waals surface area contributed by atoms with Crippen molar-refractivity contribution >= 4 is 11.7 Å². The highest BCUT2D eigenvalue weighted by molar-refractivity contribution is 5.93. The van der Waals surface area contributed by atoms with Crippen LogP contribution in [0.3, 0.4) is 0 Å². The van der Waals surface area contributed by atoms with Gasteiger partial charge in [0.25, 0.3) is 0 Å². The van der Waals surface area contributed by atoms with Crippen molar-refractivity contribution < 1.29 is 24.4 Å². The second kappa shape index (κ2) is 5.11. The van der Waals surface area contributed by atoms with Crippen LogP contribution >= 0.6 is 0 Å². The van der Waals surface area contributed by atoms with Crippen LogP contribution in [0.15, 0.2) is 35.5 Å². The van der Waals surface area contributed by atoms with Gasteiger partial charge in [0.15, 0.2) is 0 Å². The zero-order valence-corrected chi connectivity index (χ0v) is 15.4. The maximum atomic E-state index is 13.8. The summed E-state index contributed by atoms with van der Waals surface area (Å²) in [6, 6.07) is 7.56. The molecule has 0 amide bonds. The molecule has 2 saturated heterocycles. The van der Waals surface area contributed by atoms with Crippen molar-refractivity contribution in [2.45, 2.75) is 42.9 Å². The first-order valence-electron chi connectivity index (χ1n) is 9.45. The molecule has 3 aliphatic heterocycles. The van der Waals surface area contributed by atoms with E-state index >= 15 is 0 Å². The van der Waals surface area contributed by atoms with E-state index in [9.17, 15) is 20.2 Å². The highest BCUT2D eigenvalue weighted by atomic mass is 16.6. The molecule has 27 heavy (non-hydrogen) atoms. The molecule has 7 heteroatoms. The molecular weight excluding hydrogens is 348 g/mol. The lowest BCUT2D eigenvalue weighted by atomic mass is 9.58. The molecule has 1 spiro atoms. The van der Waals surface area contributed by atoms with E-state index in [1.807, 2.05) is 24.3 Å². The number of nitrogens with zero attached hydrogens (tertiary/aromatic N) is 1. The van der Waals surface area contributed by atoms with Gasteiger partial charge >= 0.3 is 5.97 Å². The van der Waals surface area contributed by atoms with Gasteiger partial charge in [-0.25, -0.2) is 4.79 Å². The van der Waals surface area contributed by atoms with Gasteiger partial charge < -0.3 is 30.1 Å². The fourth-order valence-electron chi connectivity index (χ4n) is 6.23. The van der Waals surface area contributed by atoms with Crippen LogP contribution in [0.2, 0.25) is 0 Å². The second-order valence-electron chi connectivity index (χ2n) is 8.48. The molecule has 7 nitrogen and oxygen atoms in total. The Bertz CT molecular complexity index is 883. The Kier molecular flexibility index (Phi) is 3.25. The summed E-state index contributed by atoms with van der Waals surface area (Å²) in [6.07, 6.45) is -0.178. The van der Waals surface area contributed by atoms with Crippen LogP contribution < -0.4 is 5.32 Å². The van der Waals surface area contributed by atoms with Gasteiger partial charge in [0.1, 0.15) is 18.2 Å². The number of aliphatic hydroxyl groups excluding tert-OH is 1. The van der Waals surface area contributed by atoms with Crippen molar-refractivity contribution in [3.05, 3.63) is 46.3 Å². The number of hydroxylamine groups is 3. The predicted molar refractivity (Wildman–Crippen MR) is 97.3 cm³/mol. The summed E-state index contributed by atoms with van der Waals surface area (Å²) in [6.45, 7) is 1.72. The third-order valence-electron chi connectivity index (χ3n) is 7.46. The number of fused-ring (bicyclic) bond motifs is 2. The Labute approximate surface area is 157 Å². The molecule has 3 N–H and O–H groups in total. The zero-order valence-electron chi connectivity index (χ0n) is 15.4. The van der Waals surface area contributed by atoms with E-state index in [2.05, 4.69) is 5.32 Å². The minimum atomic E-state index is -1.66. The third kappa shape index (κ3) is 1.83. The average molecular weight is 372 g/mol. The van der Waals surface area contributed by atoms with E-state index in [1.54, 1.807) is 0 Å². The third-order valence-corrected chi connectivity index (χ3v) is 7.46. The summed E-state index contributed by atoms with van der Waals surface area (Å²) in [5, 5.41) is 38.9. The lowest BCUT2D eigenvalue weighted by Crippen LogP contribution is -2.71. The number of aliphatic hydroxyl groups is 2. The Morgan fingerprint density at radius 1 is 1.44 bits per heavy atom. The first kappa shape index (κ1) is 17.2. The van der Waals surface area contributed by atoms with Crippen LogP contribution in [-0.4, -0.2) is 58.8 Å². The molecule has 2 fully saturated rings. The number of hydrogen-bond donors (Lipinski definition) is 3. The monoisotopic (exact) mass is 372 g/mol. The molecule has 1 unspecified atom stereocenters. The van der Waals surface area contributed by atoms with E-state index in [0.717, 1.165) is 11.3 Å². The minimum Gasteiger partial charge on any atom is -0.632 e. The number of rotatable bonds is 2. The number of quaternary nitrogens is 1. The van der Waals surface area contributed by atoms with E-state index in [-0.39, 0.29) is 12.6 Å². The summed E-state index contributed by atoms with van der Waals surface area (Å²) < 4.78 is 4.54. The highest BCUT2D eigenvalue weighted by Crippen LogP contribution is 2.64. The number of hydrogen-bond acceptors (Lipinski definition) is 6. The molecule has 144 valence electrons. The van der Waals surface area contributed by atoms with Gasteiger partial charge in [-0.3, -0.25) is 0 Å². The number of para-hydroxylation sites is 1. The Morgan fingerprint density at radius 2 is 2.19 bits per heavy atom. The largest absolute Gasteiger partial charge is 0.632 e. The average Bonchev–Trinajstić information content (AvgIpc) is 3.14. The number of benzene rings is 1. The van der Waals surface area contributed by atoms with Gasteiger partial charge in [0.05, 0.1) is 30.7 Å². The number of anilines is 1. The van der Waals surface area contributed by atoms with Crippen LogP contribution in [0.5, 0.6) is 0 Å². The van der Waals surface area contributed by atoms with Gasteiger partial charge in [-0.2, -0.15) is 0 Å². The first-order chi connectivity index (χ1) is 12.8. The number of carbonyl (C=O) groups excluding carboxylic acids is 1. The van der Waals surface area contributed by atoms with Crippen LogP contribution in [0.1, 0.15) is 25.3 Å². The predicted octanol–water partition coefficient (Wildman–Crippen LogP) is 1.01. The second-order valence-corrected chi connectivity index (χ2v) is 8.48. The van der Waals surface area contributed by atoms with Crippen LogP contribution in [0, 0.1) is 11.1 Å². The SMILES string of the molecule is COC(=O)C1=C2Nc3ccccc3[C@@]23CC[N+]2([O-])C[C@@](O)([C@H](C)O)[C@@H]1C[C@@H]32. The number of piperidine rings is 1. The van der Waals surface area contributed by atoms with Crippen molar-refractivity contribution in [3.63, 3.8) is 0 Å². The fourth-order valence-corrected chi connectivity index (χ4v) is 6.23. The molecule has 1 aliphatic carbocycles.